The fraction of sp³-hybridized carbons (Fsp3) is 0.600. The summed E-state index contributed by atoms with van der Waals surface area (Å²) in [5.74, 6) is 5.29. The van der Waals surface area contributed by atoms with Crippen molar-refractivity contribution in [3.8, 4) is 12.3 Å². The number of hydrogen-bond acceptors (Lipinski definition) is 0. The molecule has 3 unspecified atom stereocenters. The molecule has 0 amide bonds. The Morgan fingerprint density at radius 3 is 2.80 bits per heavy atom. The van der Waals surface area contributed by atoms with Crippen molar-refractivity contribution >= 4 is 0 Å². The number of fused-ring (bicyclic) bond motifs is 2. The molecule has 1 saturated carbocycles. The highest BCUT2D eigenvalue weighted by Crippen LogP contribution is 2.44. The molecule has 0 aliphatic heterocycles. The predicted molar refractivity (Wildman–Crippen MR) is 42.3 cm³/mol. The highest BCUT2D eigenvalue weighted by molar-refractivity contribution is 5.11. The number of allylic oxidation sites excluding steroid dienone is 2. The molecule has 52 valence electrons. The topological polar surface area (TPSA) is 0 Å². The minimum atomic E-state index is 0.819. The molecular weight excluding hydrogens is 120 g/mol. The Bertz CT molecular complexity index is 195. The first-order chi connectivity index (χ1) is 4.90. The summed E-state index contributed by atoms with van der Waals surface area (Å²) < 4.78 is 0. The molecule has 0 aromatic carbocycles. The molecule has 0 heterocycles. The Balaban J connectivity index is 2.04. The van der Waals surface area contributed by atoms with E-state index >= 15 is 0 Å². The third kappa shape index (κ3) is 0.778. The summed E-state index contributed by atoms with van der Waals surface area (Å²) in [4.78, 5) is 0. The van der Waals surface area contributed by atoms with E-state index in [4.69, 9.17) is 6.42 Å². The van der Waals surface area contributed by atoms with E-state index in [9.17, 15) is 0 Å². The first-order valence-corrected chi connectivity index (χ1v) is 4.02. The summed E-state index contributed by atoms with van der Waals surface area (Å²) in [6, 6.07) is 0. The third-order valence-electron chi connectivity index (χ3n) is 2.80. The van der Waals surface area contributed by atoms with Crippen molar-refractivity contribution in [1.82, 2.24) is 0 Å². The third-order valence-corrected chi connectivity index (χ3v) is 2.80. The minimum absolute atomic E-state index is 0.819. The molecular formula is C10H12. The van der Waals surface area contributed by atoms with Crippen LogP contribution >= 0.6 is 0 Å². The van der Waals surface area contributed by atoms with Crippen LogP contribution in [0.4, 0.5) is 0 Å². The summed E-state index contributed by atoms with van der Waals surface area (Å²) in [6.07, 6.45) is 13.7. The molecule has 0 aromatic heterocycles. The lowest BCUT2D eigenvalue weighted by Gasteiger charge is -2.13. The van der Waals surface area contributed by atoms with Crippen LogP contribution in [-0.2, 0) is 0 Å². The summed E-state index contributed by atoms with van der Waals surface area (Å²) in [5.41, 5.74) is 0. The predicted octanol–water partition coefficient (Wildman–Crippen LogP) is 2.22. The molecule has 0 saturated heterocycles. The van der Waals surface area contributed by atoms with Crippen LogP contribution in [0.5, 0.6) is 0 Å². The van der Waals surface area contributed by atoms with E-state index in [0.717, 1.165) is 24.2 Å². The maximum Gasteiger partial charge on any atom is 0.0120 e. The summed E-state index contributed by atoms with van der Waals surface area (Å²) in [6.45, 7) is 0. The van der Waals surface area contributed by atoms with Gasteiger partial charge in [-0.25, -0.2) is 0 Å². The quantitative estimate of drug-likeness (QED) is 0.379. The lowest BCUT2D eigenvalue weighted by Crippen LogP contribution is -2.04. The zero-order chi connectivity index (χ0) is 6.97. The van der Waals surface area contributed by atoms with Crippen LogP contribution < -0.4 is 0 Å². The van der Waals surface area contributed by atoms with Crippen molar-refractivity contribution in [3.05, 3.63) is 12.2 Å². The largest absolute Gasteiger partial charge is 0.120 e. The summed E-state index contributed by atoms with van der Waals surface area (Å²) in [7, 11) is 0. The van der Waals surface area contributed by atoms with Crippen molar-refractivity contribution in [1.29, 1.82) is 0 Å². The molecule has 0 spiro atoms. The molecule has 2 rings (SSSR count). The van der Waals surface area contributed by atoms with Crippen LogP contribution in [-0.4, -0.2) is 0 Å². The maximum atomic E-state index is 5.27. The van der Waals surface area contributed by atoms with E-state index in [1.165, 1.54) is 12.8 Å². The molecule has 0 aromatic rings. The molecule has 0 heteroatoms. The van der Waals surface area contributed by atoms with Crippen molar-refractivity contribution in [2.45, 2.75) is 19.3 Å². The molecule has 0 radical (unpaired) electrons. The average molecular weight is 132 g/mol. The molecule has 2 bridgehead atoms. The SMILES string of the molecule is C#CCC1CC2C=CC1C2. The van der Waals surface area contributed by atoms with Crippen LogP contribution in [0.3, 0.4) is 0 Å². The molecule has 10 heavy (non-hydrogen) atoms. The van der Waals surface area contributed by atoms with Crippen molar-refractivity contribution < 1.29 is 0 Å². The average Bonchev–Trinajstić information content (AvgIpc) is 2.48. The number of terminal acetylenes is 1. The number of hydrogen-bond donors (Lipinski definition) is 0. The van der Waals surface area contributed by atoms with Crippen molar-refractivity contribution in [2.75, 3.05) is 0 Å². The second-order valence-electron chi connectivity index (χ2n) is 3.45. The first-order valence-electron chi connectivity index (χ1n) is 4.02. The fourth-order valence-electron chi connectivity index (χ4n) is 2.28. The van der Waals surface area contributed by atoms with Gasteiger partial charge in [0.25, 0.3) is 0 Å². The monoisotopic (exact) mass is 132 g/mol. The van der Waals surface area contributed by atoms with Gasteiger partial charge >= 0.3 is 0 Å². The van der Waals surface area contributed by atoms with Crippen LogP contribution in [0.15, 0.2) is 12.2 Å². The second kappa shape index (κ2) is 2.16. The Morgan fingerprint density at radius 1 is 1.40 bits per heavy atom. The van der Waals surface area contributed by atoms with E-state index < -0.39 is 0 Å². The van der Waals surface area contributed by atoms with E-state index in [0.29, 0.717) is 0 Å². The van der Waals surface area contributed by atoms with Gasteiger partial charge in [-0.05, 0) is 30.6 Å². The van der Waals surface area contributed by atoms with Gasteiger partial charge in [-0.1, -0.05) is 12.2 Å². The smallest absolute Gasteiger partial charge is 0.0120 e. The van der Waals surface area contributed by atoms with E-state index in [-0.39, 0.29) is 0 Å². The van der Waals surface area contributed by atoms with Crippen LogP contribution in [0.25, 0.3) is 0 Å². The van der Waals surface area contributed by atoms with Gasteiger partial charge in [0.15, 0.2) is 0 Å². The highest BCUT2D eigenvalue weighted by atomic mass is 14.4. The van der Waals surface area contributed by atoms with Gasteiger partial charge in [0.2, 0.25) is 0 Å². The van der Waals surface area contributed by atoms with E-state index in [1.54, 1.807) is 0 Å². The lowest BCUT2D eigenvalue weighted by atomic mass is 9.91. The van der Waals surface area contributed by atoms with E-state index in [2.05, 4.69) is 18.1 Å². The molecule has 0 N–H and O–H groups in total. The van der Waals surface area contributed by atoms with Gasteiger partial charge in [-0.2, -0.15) is 0 Å². The molecule has 1 fully saturated rings. The zero-order valence-corrected chi connectivity index (χ0v) is 6.09. The van der Waals surface area contributed by atoms with Gasteiger partial charge in [-0.3, -0.25) is 0 Å². The highest BCUT2D eigenvalue weighted by Gasteiger charge is 2.34. The molecule has 3 atom stereocenters. The minimum Gasteiger partial charge on any atom is -0.120 e. The van der Waals surface area contributed by atoms with E-state index in [1.807, 2.05) is 0 Å². The first kappa shape index (κ1) is 6.04. The van der Waals surface area contributed by atoms with Crippen molar-refractivity contribution in [3.63, 3.8) is 0 Å². The van der Waals surface area contributed by atoms with Crippen molar-refractivity contribution in [2.24, 2.45) is 17.8 Å². The zero-order valence-electron chi connectivity index (χ0n) is 6.09. The number of rotatable bonds is 1. The lowest BCUT2D eigenvalue weighted by molar-refractivity contribution is 0.460. The Morgan fingerprint density at radius 2 is 2.30 bits per heavy atom. The van der Waals surface area contributed by atoms with Crippen LogP contribution in [0.2, 0.25) is 0 Å². The van der Waals surface area contributed by atoms with Crippen LogP contribution in [0, 0.1) is 30.1 Å². The van der Waals surface area contributed by atoms with Gasteiger partial charge < -0.3 is 0 Å². The molecule has 2 aliphatic rings. The fourth-order valence-corrected chi connectivity index (χ4v) is 2.28. The standard InChI is InChI=1S/C10H12/c1-2-3-9-6-8-4-5-10(9)7-8/h1,4-5,8-10H,3,6-7H2. The van der Waals surface area contributed by atoms with Crippen LogP contribution in [0.1, 0.15) is 19.3 Å². The Kier molecular flexibility index (Phi) is 1.31. The van der Waals surface area contributed by atoms with Gasteiger partial charge in [-0.15, -0.1) is 12.3 Å². The normalized spacial score (nSPS) is 42.1. The second-order valence-corrected chi connectivity index (χ2v) is 3.45. The summed E-state index contributed by atoms with van der Waals surface area (Å²) in [5, 5.41) is 0. The summed E-state index contributed by atoms with van der Waals surface area (Å²) >= 11 is 0. The Hall–Kier alpha value is -0.700. The van der Waals surface area contributed by atoms with Gasteiger partial charge in [0.05, 0.1) is 0 Å². The molecule has 2 aliphatic carbocycles. The maximum absolute atomic E-state index is 5.27. The molecule has 0 nitrogen and oxygen atoms in total. The Labute approximate surface area is 62.3 Å². The van der Waals surface area contributed by atoms with Gasteiger partial charge in [0, 0.05) is 6.42 Å². The van der Waals surface area contributed by atoms with Gasteiger partial charge in [0.1, 0.15) is 0 Å².